The molecule has 2 aliphatic carbocycles. The Morgan fingerprint density at radius 1 is 1.55 bits per heavy atom. The van der Waals surface area contributed by atoms with Gasteiger partial charge in [0.05, 0.1) is 10.9 Å². The number of carbonyl (C=O) groups excluding carboxylic acids is 1. The van der Waals surface area contributed by atoms with E-state index in [2.05, 4.69) is 19.9 Å². The van der Waals surface area contributed by atoms with Gasteiger partial charge in [-0.1, -0.05) is 19.9 Å². The molecular formula is C16H18N2OS. The third kappa shape index (κ3) is 1.04. The van der Waals surface area contributed by atoms with E-state index in [4.69, 9.17) is 0 Å². The second-order valence-electron chi connectivity index (χ2n) is 7.03. The average Bonchev–Trinajstić information content (AvgIpc) is 3.13. The maximum absolute atomic E-state index is 12.8. The molecule has 2 heterocycles. The van der Waals surface area contributed by atoms with Crippen molar-refractivity contribution in [3.8, 4) is 6.07 Å². The Hall–Kier alpha value is -1.34. The van der Waals surface area contributed by atoms with Gasteiger partial charge in [-0.25, -0.2) is 0 Å². The number of piperidine rings is 1. The number of carbonyl (C=O) groups is 1. The van der Waals surface area contributed by atoms with Gasteiger partial charge >= 0.3 is 0 Å². The van der Waals surface area contributed by atoms with Gasteiger partial charge in [-0.15, -0.1) is 11.3 Å². The Labute approximate surface area is 123 Å². The van der Waals surface area contributed by atoms with Crippen LogP contribution in [0.3, 0.4) is 0 Å². The highest BCUT2D eigenvalue weighted by Crippen LogP contribution is 2.75. The van der Waals surface area contributed by atoms with E-state index in [9.17, 15) is 10.1 Å². The monoisotopic (exact) mass is 286 g/mol. The van der Waals surface area contributed by atoms with Gasteiger partial charge in [-0.2, -0.15) is 5.26 Å². The fraction of sp³-hybridized carbons (Fsp3) is 0.625. The summed E-state index contributed by atoms with van der Waals surface area (Å²) >= 11 is 1.47. The summed E-state index contributed by atoms with van der Waals surface area (Å²) in [5.41, 5.74) is -0.492. The maximum Gasteiger partial charge on any atom is 0.265 e. The second kappa shape index (κ2) is 3.46. The molecular weight excluding hydrogens is 268 g/mol. The van der Waals surface area contributed by atoms with Gasteiger partial charge in [0.15, 0.2) is 0 Å². The van der Waals surface area contributed by atoms with Crippen molar-refractivity contribution < 1.29 is 4.79 Å². The van der Waals surface area contributed by atoms with E-state index in [1.54, 1.807) is 0 Å². The third-order valence-electron chi connectivity index (χ3n) is 6.72. The van der Waals surface area contributed by atoms with Crippen molar-refractivity contribution in [1.29, 1.82) is 5.26 Å². The number of thiophene rings is 1. The fourth-order valence-corrected chi connectivity index (χ4v) is 5.96. The highest BCUT2D eigenvalue weighted by molar-refractivity contribution is 7.12. The molecule has 1 aromatic rings. The molecule has 4 atom stereocenters. The number of nitrogens with zero attached hydrogens (tertiary/aromatic N) is 2. The first-order valence-corrected chi connectivity index (χ1v) is 8.13. The van der Waals surface area contributed by atoms with Gasteiger partial charge in [-0.3, -0.25) is 4.79 Å². The zero-order chi connectivity index (χ0) is 14.2. The van der Waals surface area contributed by atoms with Crippen LogP contribution in [-0.2, 0) is 0 Å². The molecule has 3 nitrogen and oxygen atoms in total. The average molecular weight is 286 g/mol. The summed E-state index contributed by atoms with van der Waals surface area (Å²) in [7, 11) is 0. The molecule has 1 saturated heterocycles. The molecule has 0 spiro atoms. The fourth-order valence-electron chi connectivity index (χ4n) is 5.29. The maximum atomic E-state index is 12.8. The summed E-state index contributed by atoms with van der Waals surface area (Å²) in [6.07, 6.45) is 3.17. The minimum Gasteiger partial charge on any atom is -0.318 e. The Kier molecular flexibility index (Phi) is 2.14. The van der Waals surface area contributed by atoms with Crippen molar-refractivity contribution in [1.82, 2.24) is 4.90 Å². The molecule has 0 radical (unpaired) electrons. The van der Waals surface area contributed by atoms with Crippen LogP contribution in [0.5, 0.6) is 0 Å². The Bertz CT molecular complexity index is 633. The van der Waals surface area contributed by atoms with Crippen molar-refractivity contribution in [3.63, 3.8) is 0 Å². The first-order chi connectivity index (χ1) is 9.48. The quantitative estimate of drug-likeness (QED) is 0.795. The molecule has 3 fully saturated rings. The molecule has 4 rings (SSSR count). The highest BCUT2D eigenvalue weighted by atomic mass is 32.1. The minimum absolute atomic E-state index is 0.0354. The first kappa shape index (κ1) is 12.4. The molecule has 1 aliphatic heterocycles. The van der Waals surface area contributed by atoms with Crippen LogP contribution in [0, 0.1) is 28.1 Å². The standard InChI is InChI=1S/C16H18N2OS/c1-14-10-18(13(19)12-4-3-7-20-12)16(9-17)8-11(14)5-6-15(14,16)2/h3-4,7,11H,5-6,8,10H2,1-2H3. The van der Waals surface area contributed by atoms with Crippen molar-refractivity contribution in [3.05, 3.63) is 22.4 Å². The van der Waals surface area contributed by atoms with E-state index in [0.29, 0.717) is 5.92 Å². The van der Waals surface area contributed by atoms with Crippen molar-refractivity contribution >= 4 is 17.2 Å². The normalized spacial score (nSPS) is 44.9. The summed E-state index contributed by atoms with van der Waals surface area (Å²) in [5, 5.41) is 11.8. The van der Waals surface area contributed by atoms with Gasteiger partial charge in [0, 0.05) is 12.0 Å². The Balaban J connectivity index is 1.82. The zero-order valence-electron chi connectivity index (χ0n) is 11.8. The number of rotatable bonds is 1. The predicted octanol–water partition coefficient (Wildman–Crippen LogP) is 3.29. The SMILES string of the molecule is CC12CN(C(=O)c3cccs3)C3(C#N)CC1CCC23C. The number of hydrogen-bond acceptors (Lipinski definition) is 3. The largest absolute Gasteiger partial charge is 0.318 e. The molecule has 2 saturated carbocycles. The Morgan fingerprint density at radius 3 is 2.95 bits per heavy atom. The van der Waals surface area contributed by atoms with Gasteiger partial charge in [0.2, 0.25) is 0 Å². The van der Waals surface area contributed by atoms with Crippen LogP contribution in [0.2, 0.25) is 0 Å². The topological polar surface area (TPSA) is 44.1 Å². The lowest BCUT2D eigenvalue weighted by Crippen LogP contribution is -2.54. The van der Waals surface area contributed by atoms with Crippen molar-refractivity contribution in [2.45, 2.75) is 38.6 Å². The van der Waals surface area contributed by atoms with Crippen LogP contribution in [0.4, 0.5) is 0 Å². The zero-order valence-corrected chi connectivity index (χ0v) is 12.7. The van der Waals surface area contributed by atoms with E-state index >= 15 is 0 Å². The third-order valence-corrected chi connectivity index (χ3v) is 7.58. The first-order valence-electron chi connectivity index (χ1n) is 7.25. The summed E-state index contributed by atoms with van der Waals surface area (Å²) < 4.78 is 0. The van der Waals surface area contributed by atoms with Crippen LogP contribution < -0.4 is 0 Å². The van der Waals surface area contributed by atoms with Crippen LogP contribution in [0.25, 0.3) is 0 Å². The van der Waals surface area contributed by atoms with Gasteiger partial charge in [0.25, 0.3) is 5.91 Å². The van der Waals surface area contributed by atoms with E-state index in [1.807, 2.05) is 22.4 Å². The number of likely N-dealkylation sites (tertiary alicyclic amines) is 1. The lowest BCUT2D eigenvalue weighted by molar-refractivity contribution is 0.0435. The van der Waals surface area contributed by atoms with E-state index in [1.165, 1.54) is 17.8 Å². The summed E-state index contributed by atoms with van der Waals surface area (Å²) in [6.45, 7) is 5.29. The lowest BCUT2D eigenvalue weighted by atomic mass is 9.66. The summed E-state index contributed by atoms with van der Waals surface area (Å²) in [6, 6.07) is 6.34. The molecule has 1 amide bonds. The molecule has 4 unspecified atom stereocenters. The molecule has 104 valence electrons. The number of hydrogen-bond donors (Lipinski definition) is 0. The molecule has 4 heteroatoms. The molecule has 3 aliphatic rings. The van der Waals surface area contributed by atoms with Gasteiger partial charge < -0.3 is 4.90 Å². The second-order valence-corrected chi connectivity index (χ2v) is 7.98. The van der Waals surface area contributed by atoms with E-state index < -0.39 is 5.54 Å². The van der Waals surface area contributed by atoms with Crippen molar-refractivity contribution in [2.75, 3.05) is 6.54 Å². The van der Waals surface area contributed by atoms with Crippen LogP contribution in [-0.4, -0.2) is 22.9 Å². The van der Waals surface area contributed by atoms with Crippen LogP contribution in [0.1, 0.15) is 42.8 Å². The van der Waals surface area contributed by atoms with E-state index in [0.717, 1.165) is 24.3 Å². The minimum atomic E-state index is -0.578. The lowest BCUT2D eigenvalue weighted by Gasteiger charge is -2.42. The molecule has 1 aromatic heterocycles. The van der Waals surface area contributed by atoms with Crippen LogP contribution in [0.15, 0.2) is 17.5 Å². The summed E-state index contributed by atoms with van der Waals surface area (Å²) in [5.74, 6) is 0.663. The highest BCUT2D eigenvalue weighted by Gasteiger charge is 2.78. The molecule has 20 heavy (non-hydrogen) atoms. The molecule has 0 aromatic carbocycles. The van der Waals surface area contributed by atoms with E-state index in [-0.39, 0.29) is 16.7 Å². The van der Waals surface area contributed by atoms with Crippen molar-refractivity contribution in [2.24, 2.45) is 16.7 Å². The number of amides is 1. The van der Waals surface area contributed by atoms with Gasteiger partial charge in [0.1, 0.15) is 5.54 Å². The number of nitriles is 1. The Morgan fingerprint density at radius 2 is 2.35 bits per heavy atom. The summed E-state index contributed by atoms with van der Waals surface area (Å²) in [4.78, 5) is 15.5. The van der Waals surface area contributed by atoms with Gasteiger partial charge in [-0.05, 0) is 42.0 Å². The predicted molar refractivity (Wildman–Crippen MR) is 77.3 cm³/mol. The molecule has 4 bridgehead atoms. The van der Waals surface area contributed by atoms with Crippen LogP contribution >= 0.6 is 11.3 Å². The molecule has 0 N–H and O–H groups in total. The smallest absolute Gasteiger partial charge is 0.265 e.